The molecule has 0 aliphatic carbocycles. The van der Waals surface area contributed by atoms with E-state index in [0.717, 1.165) is 0 Å². The fourth-order valence-corrected chi connectivity index (χ4v) is 0.180. The molecule has 44 valence electrons. The molecule has 7 heavy (non-hydrogen) atoms. The highest BCUT2D eigenvalue weighted by atomic mass is 16.7. The summed E-state index contributed by atoms with van der Waals surface area (Å²) in [4.78, 5) is 0. The molecule has 0 heterocycles. The minimum atomic E-state index is -0.264. The number of aliphatic hydroxyl groups is 1. The van der Waals surface area contributed by atoms with Crippen LogP contribution in [0.2, 0.25) is 0 Å². The Balaban J connectivity index is 2.45. The van der Waals surface area contributed by atoms with Gasteiger partial charge in [0, 0.05) is 6.61 Å². The molecule has 1 N–H and O–H groups in total. The predicted molar refractivity (Wildman–Crippen MR) is 24.7 cm³/mol. The van der Waals surface area contributed by atoms with Gasteiger partial charge in [-0.05, 0) is 6.92 Å². The molecule has 0 atom stereocenters. The Kier molecular flexibility index (Phi) is 5.78. The molecule has 0 bridgehead atoms. The van der Waals surface area contributed by atoms with Gasteiger partial charge in [0.15, 0.2) is 0 Å². The van der Waals surface area contributed by atoms with Crippen molar-refractivity contribution in [2.45, 2.75) is 6.92 Å². The fourth-order valence-electron chi connectivity index (χ4n) is 0.180. The number of rotatable bonds is 4. The van der Waals surface area contributed by atoms with Crippen LogP contribution >= 0.6 is 0 Å². The van der Waals surface area contributed by atoms with Crippen molar-refractivity contribution in [3.8, 4) is 0 Å². The first-order valence-corrected chi connectivity index (χ1v) is 2.18. The summed E-state index contributed by atoms with van der Waals surface area (Å²) < 4.78 is 9.10. The molecule has 0 aromatic carbocycles. The van der Waals surface area contributed by atoms with Crippen molar-refractivity contribution >= 4 is 0 Å². The van der Waals surface area contributed by atoms with Crippen LogP contribution in [0.1, 0.15) is 6.92 Å². The second-order valence-electron chi connectivity index (χ2n) is 0.944. The molecule has 0 unspecified atom stereocenters. The van der Waals surface area contributed by atoms with E-state index in [0.29, 0.717) is 6.61 Å². The van der Waals surface area contributed by atoms with E-state index in [1.165, 1.54) is 0 Å². The summed E-state index contributed by atoms with van der Waals surface area (Å²) in [6, 6.07) is 0. The highest BCUT2D eigenvalue weighted by Crippen LogP contribution is 1.72. The predicted octanol–water partition coefficient (Wildman–Crippen LogP) is -0.0532. The average Bonchev–Trinajstić information content (AvgIpc) is 1.69. The third kappa shape index (κ3) is 5.88. The maximum Gasteiger partial charge on any atom is 0.149 e. The van der Waals surface area contributed by atoms with Gasteiger partial charge in [0.05, 0.1) is 0 Å². The number of hydrogen-bond donors (Lipinski definition) is 1. The lowest BCUT2D eigenvalue weighted by atomic mass is 10.9. The quantitative estimate of drug-likeness (QED) is 0.403. The topological polar surface area (TPSA) is 38.7 Å². The van der Waals surface area contributed by atoms with Gasteiger partial charge in [0.2, 0.25) is 0 Å². The van der Waals surface area contributed by atoms with Crippen molar-refractivity contribution in [2.24, 2.45) is 0 Å². The van der Waals surface area contributed by atoms with Crippen LogP contribution in [-0.4, -0.2) is 25.3 Å². The van der Waals surface area contributed by atoms with Gasteiger partial charge < -0.3 is 14.6 Å². The Morgan fingerprint density at radius 2 is 2.14 bits per heavy atom. The standard InChI is InChI=1S/C4H10O3/c1-2-6-4-7-3-5/h5H,2-4H2,1H3. The zero-order chi connectivity index (χ0) is 5.54. The summed E-state index contributed by atoms with van der Waals surface area (Å²) in [7, 11) is 0. The Labute approximate surface area is 42.9 Å². The van der Waals surface area contributed by atoms with Crippen molar-refractivity contribution in [1.82, 2.24) is 0 Å². The Bertz CT molecular complexity index is 26.1. The molecule has 0 aromatic heterocycles. The molecular formula is C4H10O3. The van der Waals surface area contributed by atoms with E-state index < -0.39 is 0 Å². The molecule has 0 saturated heterocycles. The van der Waals surface area contributed by atoms with Gasteiger partial charge in [0.25, 0.3) is 0 Å². The molecule has 0 aliphatic rings. The van der Waals surface area contributed by atoms with Crippen LogP contribution in [0.3, 0.4) is 0 Å². The molecule has 0 radical (unpaired) electrons. The third-order valence-electron chi connectivity index (χ3n) is 0.462. The van der Waals surface area contributed by atoms with Gasteiger partial charge in [-0.15, -0.1) is 0 Å². The molecule has 0 fully saturated rings. The molecule has 0 amide bonds. The fraction of sp³-hybridized carbons (Fsp3) is 1.00. The lowest BCUT2D eigenvalue weighted by molar-refractivity contribution is -0.105. The first-order chi connectivity index (χ1) is 3.41. The van der Waals surface area contributed by atoms with E-state index in [-0.39, 0.29) is 13.6 Å². The Morgan fingerprint density at radius 3 is 2.57 bits per heavy atom. The van der Waals surface area contributed by atoms with E-state index in [9.17, 15) is 0 Å². The molecule has 0 aromatic rings. The van der Waals surface area contributed by atoms with Gasteiger partial charge in [0.1, 0.15) is 13.6 Å². The second kappa shape index (κ2) is 5.88. The first-order valence-electron chi connectivity index (χ1n) is 2.18. The maximum atomic E-state index is 7.99. The monoisotopic (exact) mass is 106 g/mol. The third-order valence-corrected chi connectivity index (χ3v) is 0.462. The summed E-state index contributed by atoms with van der Waals surface area (Å²) in [5.41, 5.74) is 0. The summed E-state index contributed by atoms with van der Waals surface area (Å²) in [6.45, 7) is 2.41. The molecule has 0 aliphatic heterocycles. The van der Waals surface area contributed by atoms with Crippen LogP contribution in [0.15, 0.2) is 0 Å². The lowest BCUT2D eigenvalue weighted by Gasteiger charge is -1.96. The molecule has 3 nitrogen and oxygen atoms in total. The Morgan fingerprint density at radius 1 is 1.43 bits per heavy atom. The van der Waals surface area contributed by atoms with Crippen molar-refractivity contribution in [1.29, 1.82) is 0 Å². The normalized spacial score (nSPS) is 9.43. The van der Waals surface area contributed by atoms with Crippen molar-refractivity contribution in [3.63, 3.8) is 0 Å². The van der Waals surface area contributed by atoms with E-state index in [1.54, 1.807) is 0 Å². The number of ether oxygens (including phenoxy) is 2. The van der Waals surface area contributed by atoms with Crippen LogP contribution in [0.25, 0.3) is 0 Å². The van der Waals surface area contributed by atoms with Gasteiger partial charge in [-0.2, -0.15) is 0 Å². The number of hydrogen-bond acceptors (Lipinski definition) is 3. The van der Waals surface area contributed by atoms with E-state index in [1.807, 2.05) is 6.92 Å². The van der Waals surface area contributed by atoms with Gasteiger partial charge in [-0.3, -0.25) is 0 Å². The van der Waals surface area contributed by atoms with Crippen LogP contribution in [0.4, 0.5) is 0 Å². The van der Waals surface area contributed by atoms with Crippen molar-refractivity contribution in [3.05, 3.63) is 0 Å². The van der Waals surface area contributed by atoms with E-state index in [2.05, 4.69) is 4.74 Å². The first kappa shape index (κ1) is 6.88. The van der Waals surface area contributed by atoms with Crippen molar-refractivity contribution < 1.29 is 14.6 Å². The largest absolute Gasteiger partial charge is 0.371 e. The maximum absolute atomic E-state index is 7.99. The minimum Gasteiger partial charge on any atom is -0.371 e. The summed E-state index contributed by atoms with van der Waals surface area (Å²) in [6.07, 6.45) is 0. The minimum absolute atomic E-state index is 0.188. The highest BCUT2D eigenvalue weighted by Gasteiger charge is 1.77. The summed E-state index contributed by atoms with van der Waals surface area (Å²) >= 11 is 0. The van der Waals surface area contributed by atoms with Crippen LogP contribution in [-0.2, 0) is 9.47 Å². The van der Waals surface area contributed by atoms with Gasteiger partial charge in [-0.1, -0.05) is 0 Å². The summed E-state index contributed by atoms with van der Waals surface area (Å²) in [5.74, 6) is 0. The van der Waals surface area contributed by atoms with Gasteiger partial charge in [-0.25, -0.2) is 0 Å². The smallest absolute Gasteiger partial charge is 0.149 e. The molecule has 0 saturated carbocycles. The zero-order valence-corrected chi connectivity index (χ0v) is 4.39. The van der Waals surface area contributed by atoms with Gasteiger partial charge >= 0.3 is 0 Å². The second-order valence-corrected chi connectivity index (χ2v) is 0.944. The van der Waals surface area contributed by atoms with Crippen LogP contribution < -0.4 is 0 Å². The van der Waals surface area contributed by atoms with E-state index in [4.69, 9.17) is 9.84 Å². The molecular weight excluding hydrogens is 96.0 g/mol. The summed E-state index contributed by atoms with van der Waals surface area (Å²) in [5, 5.41) is 7.99. The lowest BCUT2D eigenvalue weighted by Crippen LogP contribution is -1.99. The van der Waals surface area contributed by atoms with Crippen LogP contribution in [0.5, 0.6) is 0 Å². The van der Waals surface area contributed by atoms with Crippen LogP contribution in [0, 0.1) is 0 Å². The zero-order valence-electron chi connectivity index (χ0n) is 4.39. The molecule has 3 heteroatoms. The SMILES string of the molecule is CCOCOCO. The average molecular weight is 106 g/mol. The molecule has 0 rings (SSSR count). The van der Waals surface area contributed by atoms with E-state index >= 15 is 0 Å². The molecule has 0 spiro atoms. The van der Waals surface area contributed by atoms with Crippen molar-refractivity contribution in [2.75, 3.05) is 20.2 Å². The number of aliphatic hydroxyl groups excluding tert-OH is 1. The Hall–Kier alpha value is -0.120. The highest BCUT2D eigenvalue weighted by molar-refractivity contribution is 4.03.